The van der Waals surface area contributed by atoms with Gasteiger partial charge in [0.1, 0.15) is 6.04 Å². The Morgan fingerprint density at radius 1 is 1.13 bits per heavy atom. The highest BCUT2D eigenvalue weighted by atomic mass is 16.2. The minimum absolute atomic E-state index is 0.157. The Morgan fingerprint density at radius 2 is 1.93 bits per heavy atom. The maximum atomic E-state index is 12.7. The number of nitrogens with zero attached hydrogens (tertiary/aromatic N) is 1. The Morgan fingerprint density at radius 3 is 2.70 bits per heavy atom. The molecule has 1 saturated carbocycles. The van der Waals surface area contributed by atoms with E-state index in [9.17, 15) is 14.4 Å². The minimum atomic E-state index is -0.586. The molecule has 4 rings (SSSR count). The van der Waals surface area contributed by atoms with Gasteiger partial charge in [-0.05, 0) is 55.9 Å². The molecule has 30 heavy (non-hydrogen) atoms. The van der Waals surface area contributed by atoms with Crippen LogP contribution in [0.25, 0.3) is 0 Å². The fourth-order valence-corrected chi connectivity index (χ4v) is 4.48. The summed E-state index contributed by atoms with van der Waals surface area (Å²) in [7, 11) is 0. The Kier molecular flexibility index (Phi) is 6.16. The smallest absolute Gasteiger partial charge is 0.255 e. The molecule has 2 fully saturated rings. The van der Waals surface area contributed by atoms with E-state index in [0.29, 0.717) is 30.6 Å². The second kappa shape index (κ2) is 8.99. The molecule has 0 bridgehead atoms. The molecule has 1 aromatic carbocycles. The van der Waals surface area contributed by atoms with Gasteiger partial charge in [-0.15, -0.1) is 0 Å². The summed E-state index contributed by atoms with van der Waals surface area (Å²) < 4.78 is 0. The molecule has 7 nitrogen and oxygen atoms in total. The van der Waals surface area contributed by atoms with E-state index in [1.54, 1.807) is 11.0 Å². The van der Waals surface area contributed by atoms with Gasteiger partial charge >= 0.3 is 0 Å². The second-order valence-electron chi connectivity index (χ2n) is 8.39. The van der Waals surface area contributed by atoms with E-state index < -0.39 is 6.04 Å². The Hall–Kier alpha value is -2.69. The van der Waals surface area contributed by atoms with Crippen molar-refractivity contribution >= 4 is 17.7 Å². The molecule has 1 aliphatic carbocycles. The summed E-state index contributed by atoms with van der Waals surface area (Å²) in [6.45, 7) is 1.24. The van der Waals surface area contributed by atoms with E-state index in [-0.39, 0.29) is 24.1 Å². The minimum Gasteiger partial charge on any atom is -0.328 e. The number of benzene rings is 1. The van der Waals surface area contributed by atoms with Gasteiger partial charge in [-0.3, -0.25) is 19.7 Å². The quantitative estimate of drug-likeness (QED) is 0.392. The van der Waals surface area contributed by atoms with Crippen LogP contribution in [0.15, 0.2) is 18.2 Å². The molecule has 2 aliphatic heterocycles. The number of fused-ring (bicyclic) bond motifs is 1. The number of nitrogens with one attached hydrogen (secondary N) is 2. The lowest BCUT2D eigenvalue weighted by Gasteiger charge is -2.29. The lowest BCUT2D eigenvalue weighted by Crippen LogP contribution is -2.52. The first-order chi connectivity index (χ1) is 14.5. The van der Waals surface area contributed by atoms with Crippen LogP contribution in [0.3, 0.4) is 0 Å². The highest BCUT2D eigenvalue weighted by molar-refractivity contribution is 6.05. The third kappa shape index (κ3) is 4.55. The van der Waals surface area contributed by atoms with Crippen LogP contribution in [0.1, 0.15) is 66.4 Å². The molecule has 0 radical (unpaired) electrons. The van der Waals surface area contributed by atoms with Crippen LogP contribution in [-0.4, -0.2) is 47.3 Å². The van der Waals surface area contributed by atoms with E-state index in [0.717, 1.165) is 49.8 Å². The van der Waals surface area contributed by atoms with Crippen molar-refractivity contribution in [2.75, 3.05) is 6.54 Å². The third-order valence-electron chi connectivity index (χ3n) is 6.21. The Labute approximate surface area is 176 Å². The Bertz CT molecular complexity index is 909. The molecule has 2 heterocycles. The van der Waals surface area contributed by atoms with Crippen molar-refractivity contribution in [1.29, 1.82) is 0 Å². The van der Waals surface area contributed by atoms with Crippen LogP contribution in [0.5, 0.6) is 0 Å². The topological polar surface area (TPSA) is 105 Å². The van der Waals surface area contributed by atoms with Gasteiger partial charge in [-0.25, -0.2) is 0 Å². The zero-order valence-corrected chi connectivity index (χ0v) is 17.1. The van der Waals surface area contributed by atoms with Gasteiger partial charge in [0.15, 0.2) is 0 Å². The normalized spacial score (nSPS) is 26.1. The largest absolute Gasteiger partial charge is 0.328 e. The number of nitrogens with two attached hydrogens (primary N) is 1. The van der Waals surface area contributed by atoms with Crippen molar-refractivity contribution < 1.29 is 14.4 Å². The predicted molar refractivity (Wildman–Crippen MR) is 112 cm³/mol. The molecule has 1 saturated heterocycles. The lowest BCUT2D eigenvalue weighted by atomic mass is 9.92. The average Bonchev–Trinajstić information content (AvgIpc) is 3.05. The number of amides is 3. The zero-order valence-electron chi connectivity index (χ0n) is 17.1. The summed E-state index contributed by atoms with van der Waals surface area (Å²) in [5, 5.41) is 5.88. The number of hydrogen-bond donors (Lipinski definition) is 3. The number of hydrogen-bond acceptors (Lipinski definition) is 5. The molecule has 1 atom stereocenters. The highest BCUT2D eigenvalue weighted by Crippen LogP contribution is 2.28. The van der Waals surface area contributed by atoms with E-state index in [2.05, 4.69) is 22.5 Å². The van der Waals surface area contributed by atoms with Crippen molar-refractivity contribution in [3.05, 3.63) is 34.9 Å². The summed E-state index contributed by atoms with van der Waals surface area (Å²) in [4.78, 5) is 37.8. The third-order valence-corrected chi connectivity index (χ3v) is 6.21. The average molecular weight is 409 g/mol. The summed E-state index contributed by atoms with van der Waals surface area (Å²) in [5.41, 5.74) is 8.31. The first-order valence-corrected chi connectivity index (χ1v) is 10.8. The van der Waals surface area contributed by atoms with Crippen molar-refractivity contribution in [2.45, 2.75) is 69.6 Å². The summed E-state index contributed by atoms with van der Waals surface area (Å²) in [6.07, 6.45) is 5.85. The maximum absolute atomic E-state index is 12.7. The monoisotopic (exact) mass is 408 g/mol. The van der Waals surface area contributed by atoms with Crippen LogP contribution in [-0.2, 0) is 16.1 Å². The summed E-state index contributed by atoms with van der Waals surface area (Å²) >= 11 is 0. The number of imide groups is 1. The number of piperidine rings is 1. The molecule has 1 unspecified atom stereocenters. The van der Waals surface area contributed by atoms with Gasteiger partial charge in [0.25, 0.3) is 5.91 Å². The lowest BCUT2D eigenvalue weighted by molar-refractivity contribution is -0.136. The molecule has 7 heteroatoms. The van der Waals surface area contributed by atoms with Gasteiger partial charge in [-0.2, -0.15) is 0 Å². The molecule has 3 aliphatic rings. The summed E-state index contributed by atoms with van der Waals surface area (Å²) in [5.74, 6) is 5.56. The van der Waals surface area contributed by atoms with Crippen molar-refractivity contribution in [1.82, 2.24) is 15.5 Å². The van der Waals surface area contributed by atoms with Gasteiger partial charge in [0.05, 0.1) is 0 Å². The second-order valence-corrected chi connectivity index (χ2v) is 8.39. The van der Waals surface area contributed by atoms with Crippen LogP contribution < -0.4 is 16.4 Å². The van der Waals surface area contributed by atoms with Gasteiger partial charge < -0.3 is 16.0 Å². The van der Waals surface area contributed by atoms with Crippen molar-refractivity contribution in [3.63, 3.8) is 0 Å². The highest BCUT2D eigenvalue weighted by Gasteiger charge is 2.38. The molecular weight excluding hydrogens is 380 g/mol. The first kappa shape index (κ1) is 20.6. The first-order valence-electron chi connectivity index (χ1n) is 10.8. The van der Waals surface area contributed by atoms with Crippen molar-refractivity contribution in [2.24, 2.45) is 5.73 Å². The van der Waals surface area contributed by atoms with E-state index >= 15 is 0 Å². The zero-order chi connectivity index (χ0) is 21.1. The Balaban J connectivity index is 1.31. The molecule has 0 aromatic heterocycles. The molecule has 158 valence electrons. The fourth-order valence-electron chi connectivity index (χ4n) is 4.48. The van der Waals surface area contributed by atoms with E-state index in [4.69, 9.17) is 5.73 Å². The number of carbonyl (C=O) groups is 3. The summed E-state index contributed by atoms with van der Waals surface area (Å²) in [6, 6.07) is 5.90. The van der Waals surface area contributed by atoms with Crippen LogP contribution in [0.2, 0.25) is 0 Å². The van der Waals surface area contributed by atoms with E-state index in [1.807, 2.05) is 12.1 Å². The number of carbonyl (C=O) groups excluding carboxylic acids is 3. The molecule has 4 N–H and O–H groups in total. The van der Waals surface area contributed by atoms with Gasteiger partial charge in [0, 0.05) is 49.1 Å². The van der Waals surface area contributed by atoms with Crippen LogP contribution in [0.4, 0.5) is 0 Å². The maximum Gasteiger partial charge on any atom is 0.255 e. The molecule has 1 aromatic rings. The standard InChI is InChI=1S/C23H28N4O3/c24-17-5-7-18(8-6-17)25-12-2-1-3-15-4-9-19-16(13-15)14-27(23(19)30)20-10-11-21(28)26-22(20)29/h4,9,13,17-18,20,25H,2,5-8,10-12,14,24H2,(H,26,28,29)/t17-,18-,20?. The predicted octanol–water partition coefficient (Wildman–Crippen LogP) is 1.05. The molecular formula is C23H28N4O3. The van der Waals surface area contributed by atoms with Gasteiger partial charge in [0.2, 0.25) is 11.8 Å². The molecule has 3 amide bonds. The number of rotatable bonds is 4. The fraction of sp³-hybridized carbons (Fsp3) is 0.522. The van der Waals surface area contributed by atoms with Crippen LogP contribution >= 0.6 is 0 Å². The SMILES string of the molecule is N[C@H]1CC[C@H](NCCC#Cc2ccc3c(c2)CN(C2CCC(=O)NC2=O)C3=O)CC1. The van der Waals surface area contributed by atoms with Gasteiger partial charge in [-0.1, -0.05) is 11.8 Å². The van der Waals surface area contributed by atoms with E-state index in [1.165, 1.54) is 0 Å². The molecule has 0 spiro atoms. The van der Waals surface area contributed by atoms with Crippen molar-refractivity contribution in [3.8, 4) is 11.8 Å². The van der Waals surface area contributed by atoms with Crippen LogP contribution in [0, 0.1) is 11.8 Å².